The summed E-state index contributed by atoms with van der Waals surface area (Å²) in [5.74, 6) is 0. The number of halogens is 1. The maximum atomic E-state index is 9.08. The Bertz CT molecular complexity index is 379. The fourth-order valence-corrected chi connectivity index (χ4v) is 1.93. The zero-order valence-corrected chi connectivity index (χ0v) is 9.57. The van der Waals surface area contributed by atoms with E-state index in [2.05, 4.69) is 11.4 Å². The standard InChI is InChI=1S/C12H13ClN2O/c13-9-3-5-10(6-4-9)15-11(8-14)12-2-1-7-16-12/h3-6,11-12,15H,1-2,7H2. The van der Waals surface area contributed by atoms with Crippen molar-refractivity contribution in [2.45, 2.75) is 25.0 Å². The number of nitrogens with zero attached hydrogens (tertiary/aromatic N) is 1. The molecule has 1 N–H and O–H groups in total. The van der Waals surface area contributed by atoms with Gasteiger partial charge in [0, 0.05) is 17.3 Å². The van der Waals surface area contributed by atoms with Crippen LogP contribution in [0.3, 0.4) is 0 Å². The van der Waals surface area contributed by atoms with E-state index < -0.39 is 0 Å². The molecule has 84 valence electrons. The van der Waals surface area contributed by atoms with E-state index in [1.54, 1.807) is 12.1 Å². The zero-order chi connectivity index (χ0) is 11.4. The van der Waals surface area contributed by atoms with Gasteiger partial charge in [-0.05, 0) is 37.1 Å². The lowest BCUT2D eigenvalue weighted by molar-refractivity contribution is 0.107. The van der Waals surface area contributed by atoms with Crippen molar-refractivity contribution in [2.24, 2.45) is 0 Å². The Labute approximate surface area is 100.0 Å². The Hall–Kier alpha value is -1.24. The Morgan fingerprint density at radius 3 is 2.75 bits per heavy atom. The van der Waals surface area contributed by atoms with Gasteiger partial charge in [0.25, 0.3) is 0 Å². The lowest BCUT2D eigenvalue weighted by Crippen LogP contribution is -2.31. The van der Waals surface area contributed by atoms with Crippen molar-refractivity contribution in [3.8, 4) is 6.07 Å². The number of hydrogen-bond acceptors (Lipinski definition) is 3. The Balaban J connectivity index is 2.01. The molecule has 0 spiro atoms. The molecule has 4 heteroatoms. The van der Waals surface area contributed by atoms with Crippen LogP contribution in [0.15, 0.2) is 24.3 Å². The quantitative estimate of drug-likeness (QED) is 0.878. The molecular weight excluding hydrogens is 224 g/mol. The topological polar surface area (TPSA) is 45.0 Å². The van der Waals surface area contributed by atoms with Crippen molar-refractivity contribution >= 4 is 17.3 Å². The van der Waals surface area contributed by atoms with Crippen molar-refractivity contribution in [3.05, 3.63) is 29.3 Å². The van der Waals surface area contributed by atoms with Gasteiger partial charge in [-0.15, -0.1) is 0 Å². The minimum Gasteiger partial charge on any atom is -0.375 e. The predicted octanol–water partition coefficient (Wildman–Crippen LogP) is 2.82. The van der Waals surface area contributed by atoms with Gasteiger partial charge in [-0.25, -0.2) is 0 Å². The maximum Gasteiger partial charge on any atom is 0.141 e. The normalized spacial score (nSPS) is 21.4. The van der Waals surface area contributed by atoms with Crippen molar-refractivity contribution in [3.63, 3.8) is 0 Å². The first-order valence-corrected chi connectivity index (χ1v) is 5.71. The molecule has 1 fully saturated rings. The van der Waals surface area contributed by atoms with Crippen LogP contribution in [0.2, 0.25) is 5.02 Å². The number of anilines is 1. The molecular formula is C12H13ClN2O. The third-order valence-corrected chi connectivity index (χ3v) is 2.89. The Morgan fingerprint density at radius 2 is 2.19 bits per heavy atom. The SMILES string of the molecule is N#CC(Nc1ccc(Cl)cc1)C1CCCO1. The van der Waals surface area contributed by atoms with E-state index in [9.17, 15) is 0 Å². The minimum absolute atomic E-state index is 0.000628. The average molecular weight is 237 g/mol. The Kier molecular flexibility index (Phi) is 3.66. The Morgan fingerprint density at radius 1 is 1.44 bits per heavy atom. The smallest absolute Gasteiger partial charge is 0.141 e. The van der Waals surface area contributed by atoms with E-state index in [0.717, 1.165) is 25.1 Å². The molecule has 1 heterocycles. The summed E-state index contributed by atoms with van der Waals surface area (Å²) in [6, 6.07) is 9.27. The number of hydrogen-bond donors (Lipinski definition) is 1. The van der Waals surface area contributed by atoms with E-state index in [4.69, 9.17) is 21.6 Å². The molecule has 1 aliphatic heterocycles. The first kappa shape index (κ1) is 11.3. The highest BCUT2D eigenvalue weighted by Gasteiger charge is 2.25. The minimum atomic E-state index is -0.288. The van der Waals surface area contributed by atoms with Crippen LogP contribution in [-0.2, 0) is 4.74 Å². The van der Waals surface area contributed by atoms with Crippen molar-refractivity contribution in [1.82, 2.24) is 0 Å². The molecule has 0 radical (unpaired) electrons. The van der Waals surface area contributed by atoms with Crippen LogP contribution in [0.5, 0.6) is 0 Å². The first-order chi connectivity index (χ1) is 7.79. The van der Waals surface area contributed by atoms with Gasteiger partial charge in [0.05, 0.1) is 12.2 Å². The number of rotatable bonds is 3. The van der Waals surface area contributed by atoms with Crippen LogP contribution < -0.4 is 5.32 Å². The molecule has 2 atom stereocenters. The summed E-state index contributed by atoms with van der Waals surface area (Å²) in [4.78, 5) is 0. The summed E-state index contributed by atoms with van der Waals surface area (Å²) in [5, 5.41) is 12.9. The van der Waals surface area contributed by atoms with E-state index in [1.807, 2.05) is 12.1 Å². The van der Waals surface area contributed by atoms with Gasteiger partial charge in [0.2, 0.25) is 0 Å². The second-order valence-electron chi connectivity index (χ2n) is 3.81. The molecule has 0 bridgehead atoms. The van der Waals surface area contributed by atoms with Crippen molar-refractivity contribution < 1.29 is 4.74 Å². The predicted molar refractivity (Wildman–Crippen MR) is 63.4 cm³/mol. The molecule has 0 saturated carbocycles. The monoisotopic (exact) mass is 236 g/mol. The second kappa shape index (κ2) is 5.20. The van der Waals surface area contributed by atoms with Crippen LogP contribution in [0.25, 0.3) is 0 Å². The van der Waals surface area contributed by atoms with E-state index in [1.165, 1.54) is 0 Å². The largest absolute Gasteiger partial charge is 0.375 e. The molecule has 2 unspecified atom stereocenters. The average Bonchev–Trinajstić information content (AvgIpc) is 2.82. The van der Waals surface area contributed by atoms with Crippen molar-refractivity contribution in [1.29, 1.82) is 5.26 Å². The fraction of sp³-hybridized carbons (Fsp3) is 0.417. The summed E-state index contributed by atoms with van der Waals surface area (Å²) < 4.78 is 5.49. The summed E-state index contributed by atoms with van der Waals surface area (Å²) in [6.07, 6.45) is 1.98. The lowest BCUT2D eigenvalue weighted by Gasteiger charge is -2.18. The van der Waals surface area contributed by atoms with Gasteiger partial charge >= 0.3 is 0 Å². The fourth-order valence-electron chi connectivity index (χ4n) is 1.80. The third-order valence-electron chi connectivity index (χ3n) is 2.64. The van der Waals surface area contributed by atoms with Crippen LogP contribution in [-0.4, -0.2) is 18.8 Å². The summed E-state index contributed by atoms with van der Waals surface area (Å²) >= 11 is 5.79. The van der Waals surface area contributed by atoms with E-state index in [-0.39, 0.29) is 12.1 Å². The molecule has 3 nitrogen and oxygen atoms in total. The molecule has 1 aromatic rings. The van der Waals surface area contributed by atoms with E-state index >= 15 is 0 Å². The molecule has 0 aliphatic carbocycles. The zero-order valence-electron chi connectivity index (χ0n) is 8.82. The van der Waals surface area contributed by atoms with Gasteiger partial charge < -0.3 is 10.1 Å². The van der Waals surface area contributed by atoms with Gasteiger partial charge in [-0.2, -0.15) is 5.26 Å². The van der Waals surface area contributed by atoms with Crippen LogP contribution in [0.1, 0.15) is 12.8 Å². The molecule has 1 aliphatic rings. The first-order valence-electron chi connectivity index (χ1n) is 5.33. The van der Waals surface area contributed by atoms with Gasteiger partial charge in [-0.1, -0.05) is 11.6 Å². The van der Waals surface area contributed by atoms with Crippen LogP contribution in [0, 0.1) is 11.3 Å². The van der Waals surface area contributed by atoms with Crippen LogP contribution >= 0.6 is 11.6 Å². The highest BCUT2D eigenvalue weighted by molar-refractivity contribution is 6.30. The molecule has 2 rings (SSSR count). The lowest BCUT2D eigenvalue weighted by atomic mass is 10.1. The molecule has 1 saturated heterocycles. The maximum absolute atomic E-state index is 9.08. The number of benzene rings is 1. The summed E-state index contributed by atoms with van der Waals surface area (Å²) in [6.45, 7) is 0.755. The highest BCUT2D eigenvalue weighted by atomic mass is 35.5. The molecule has 16 heavy (non-hydrogen) atoms. The number of ether oxygens (including phenoxy) is 1. The highest BCUT2D eigenvalue weighted by Crippen LogP contribution is 2.20. The van der Waals surface area contributed by atoms with E-state index in [0.29, 0.717) is 5.02 Å². The molecule has 1 aromatic carbocycles. The van der Waals surface area contributed by atoms with Gasteiger partial charge in [0.15, 0.2) is 0 Å². The summed E-state index contributed by atoms with van der Waals surface area (Å²) in [7, 11) is 0. The third kappa shape index (κ3) is 2.66. The second-order valence-corrected chi connectivity index (χ2v) is 4.25. The number of nitriles is 1. The van der Waals surface area contributed by atoms with Gasteiger partial charge in [-0.3, -0.25) is 0 Å². The molecule has 0 aromatic heterocycles. The summed E-state index contributed by atoms with van der Waals surface area (Å²) in [5.41, 5.74) is 0.895. The molecule has 0 amide bonds. The number of nitrogens with one attached hydrogen (secondary N) is 1. The van der Waals surface area contributed by atoms with Crippen LogP contribution in [0.4, 0.5) is 5.69 Å². The van der Waals surface area contributed by atoms with Crippen molar-refractivity contribution in [2.75, 3.05) is 11.9 Å². The van der Waals surface area contributed by atoms with Gasteiger partial charge in [0.1, 0.15) is 6.04 Å².